The van der Waals surface area contributed by atoms with E-state index in [0.29, 0.717) is 28.3 Å². The van der Waals surface area contributed by atoms with Crippen LogP contribution in [-0.4, -0.2) is 26.7 Å². The number of benzene rings is 3. The number of aryl methyl sites for hydroxylation is 1. The van der Waals surface area contributed by atoms with Crippen LogP contribution in [0.1, 0.15) is 28.4 Å². The number of ether oxygens (including phenoxy) is 1. The number of likely N-dealkylation sites (tertiary alicyclic amines) is 1. The Morgan fingerprint density at radius 1 is 0.889 bits per heavy atom. The van der Waals surface area contributed by atoms with Gasteiger partial charge in [0.05, 0.1) is 23.9 Å². The number of aromatic nitrogens is 1. The van der Waals surface area contributed by atoms with Crippen molar-refractivity contribution in [1.82, 2.24) is 9.88 Å². The number of aliphatic hydroxyl groups is 1. The molecule has 1 saturated heterocycles. The highest BCUT2D eigenvalue weighted by molar-refractivity contribution is 6.46. The van der Waals surface area contributed by atoms with Crippen molar-refractivity contribution in [3.63, 3.8) is 0 Å². The maximum atomic E-state index is 13.3. The van der Waals surface area contributed by atoms with Crippen LogP contribution in [-0.2, 0) is 16.1 Å². The molecule has 36 heavy (non-hydrogen) atoms. The molecule has 1 aliphatic heterocycles. The lowest BCUT2D eigenvalue weighted by Crippen LogP contribution is -2.29. The standard InChI is InChI=1S/C30H24N2O4/c1-20-13-15-21(16-14-20)28(33)26-27(32(30(35)29(26)34)19-23-9-5-6-17-31-23)22-8-7-12-25(18-22)36-24-10-3-2-4-11-24/h2-18,27,33H,19H2,1H3/b28-26-. The number of aliphatic hydroxyl groups excluding tert-OH is 1. The smallest absolute Gasteiger partial charge is 0.296 e. The fourth-order valence-electron chi connectivity index (χ4n) is 4.30. The summed E-state index contributed by atoms with van der Waals surface area (Å²) in [5.74, 6) is -0.414. The molecule has 3 aromatic carbocycles. The molecular weight excluding hydrogens is 452 g/mol. The van der Waals surface area contributed by atoms with E-state index in [9.17, 15) is 14.7 Å². The van der Waals surface area contributed by atoms with Gasteiger partial charge in [0, 0.05) is 11.8 Å². The Morgan fingerprint density at radius 2 is 1.61 bits per heavy atom. The Labute approximate surface area is 209 Å². The van der Waals surface area contributed by atoms with Crippen LogP contribution in [0.2, 0.25) is 0 Å². The molecule has 1 aliphatic rings. The number of nitrogens with zero attached hydrogens (tertiary/aromatic N) is 2. The number of para-hydroxylation sites is 1. The van der Waals surface area contributed by atoms with Crippen LogP contribution in [0.25, 0.3) is 5.76 Å². The van der Waals surface area contributed by atoms with Crippen LogP contribution in [0.15, 0.2) is 109 Å². The molecule has 4 aromatic rings. The monoisotopic (exact) mass is 476 g/mol. The summed E-state index contributed by atoms with van der Waals surface area (Å²) in [6.07, 6.45) is 1.64. The molecule has 1 unspecified atom stereocenters. The molecule has 0 radical (unpaired) electrons. The van der Waals surface area contributed by atoms with Crippen LogP contribution >= 0.6 is 0 Å². The van der Waals surface area contributed by atoms with E-state index in [0.717, 1.165) is 5.56 Å². The molecule has 5 rings (SSSR count). The third kappa shape index (κ3) is 4.61. The van der Waals surface area contributed by atoms with E-state index in [1.54, 1.807) is 48.7 Å². The van der Waals surface area contributed by atoms with Gasteiger partial charge in [-0.3, -0.25) is 14.6 Å². The zero-order valence-corrected chi connectivity index (χ0v) is 19.7. The Morgan fingerprint density at radius 3 is 2.33 bits per heavy atom. The van der Waals surface area contributed by atoms with E-state index in [1.807, 2.05) is 61.5 Å². The number of hydrogen-bond acceptors (Lipinski definition) is 5. The Bertz CT molecular complexity index is 1430. The number of pyridine rings is 1. The SMILES string of the molecule is Cc1ccc(/C(O)=C2/C(=O)C(=O)N(Cc3ccccn3)C2c2cccc(Oc3ccccc3)c2)cc1. The van der Waals surface area contributed by atoms with Gasteiger partial charge in [-0.2, -0.15) is 0 Å². The number of amides is 1. The molecule has 0 aliphatic carbocycles. The molecule has 6 heteroatoms. The minimum Gasteiger partial charge on any atom is -0.507 e. The van der Waals surface area contributed by atoms with Crippen molar-refractivity contribution in [2.24, 2.45) is 0 Å². The first-order valence-corrected chi connectivity index (χ1v) is 11.6. The summed E-state index contributed by atoms with van der Waals surface area (Å²) < 4.78 is 6.00. The summed E-state index contributed by atoms with van der Waals surface area (Å²) in [7, 11) is 0. The molecular formula is C30H24N2O4. The van der Waals surface area contributed by atoms with Crippen molar-refractivity contribution in [1.29, 1.82) is 0 Å². The Kier molecular flexibility index (Phi) is 6.33. The summed E-state index contributed by atoms with van der Waals surface area (Å²) in [6, 6.07) is 28.3. The van der Waals surface area contributed by atoms with Gasteiger partial charge in [-0.1, -0.05) is 66.2 Å². The summed E-state index contributed by atoms with van der Waals surface area (Å²) in [5.41, 5.74) is 2.81. The molecule has 1 amide bonds. The Balaban J connectivity index is 1.61. The quantitative estimate of drug-likeness (QED) is 0.216. The van der Waals surface area contributed by atoms with Crippen molar-refractivity contribution in [3.05, 3.63) is 131 Å². The molecule has 1 atom stereocenters. The highest BCUT2D eigenvalue weighted by atomic mass is 16.5. The molecule has 0 spiro atoms. The fourth-order valence-corrected chi connectivity index (χ4v) is 4.30. The largest absolute Gasteiger partial charge is 0.507 e. The van der Waals surface area contributed by atoms with E-state index in [4.69, 9.17) is 4.74 Å². The van der Waals surface area contributed by atoms with E-state index >= 15 is 0 Å². The number of Topliss-reactive ketones (excluding diaryl/α,β-unsaturated/α-hetero) is 1. The topological polar surface area (TPSA) is 79.7 Å². The zero-order valence-electron chi connectivity index (χ0n) is 19.7. The average Bonchev–Trinajstić information content (AvgIpc) is 3.15. The number of carbonyl (C=O) groups is 2. The van der Waals surface area contributed by atoms with E-state index in [1.165, 1.54) is 4.90 Å². The van der Waals surface area contributed by atoms with Crippen LogP contribution in [0, 0.1) is 6.92 Å². The highest BCUT2D eigenvalue weighted by Crippen LogP contribution is 2.41. The maximum Gasteiger partial charge on any atom is 0.296 e. The first-order chi connectivity index (χ1) is 17.5. The Hall–Kier alpha value is -4.71. The van der Waals surface area contributed by atoms with Gasteiger partial charge in [0.25, 0.3) is 11.7 Å². The lowest BCUT2D eigenvalue weighted by Gasteiger charge is -2.25. The molecule has 0 bridgehead atoms. The summed E-state index contributed by atoms with van der Waals surface area (Å²) >= 11 is 0. The minimum atomic E-state index is -0.812. The van der Waals surface area contributed by atoms with Gasteiger partial charge in [-0.05, 0) is 48.9 Å². The normalized spacial score (nSPS) is 16.8. The lowest BCUT2D eigenvalue weighted by atomic mass is 9.95. The van der Waals surface area contributed by atoms with Crippen molar-refractivity contribution >= 4 is 17.4 Å². The van der Waals surface area contributed by atoms with Crippen molar-refractivity contribution in [3.8, 4) is 11.5 Å². The van der Waals surface area contributed by atoms with E-state index in [-0.39, 0.29) is 17.9 Å². The van der Waals surface area contributed by atoms with E-state index < -0.39 is 17.7 Å². The zero-order chi connectivity index (χ0) is 25.1. The van der Waals surface area contributed by atoms with Crippen LogP contribution in [0.3, 0.4) is 0 Å². The van der Waals surface area contributed by atoms with Crippen LogP contribution in [0.4, 0.5) is 0 Å². The van der Waals surface area contributed by atoms with Gasteiger partial charge in [-0.25, -0.2) is 0 Å². The van der Waals surface area contributed by atoms with Crippen LogP contribution in [0.5, 0.6) is 11.5 Å². The van der Waals surface area contributed by atoms with Crippen LogP contribution < -0.4 is 4.74 Å². The number of rotatable bonds is 6. The van der Waals surface area contributed by atoms with Gasteiger partial charge >= 0.3 is 0 Å². The van der Waals surface area contributed by atoms with E-state index in [2.05, 4.69) is 4.98 Å². The molecule has 1 fully saturated rings. The lowest BCUT2D eigenvalue weighted by molar-refractivity contribution is -0.140. The summed E-state index contributed by atoms with van der Waals surface area (Å²) in [5, 5.41) is 11.3. The third-order valence-electron chi connectivity index (χ3n) is 6.08. The maximum absolute atomic E-state index is 13.3. The summed E-state index contributed by atoms with van der Waals surface area (Å²) in [4.78, 5) is 32.3. The molecule has 2 heterocycles. The van der Waals surface area contributed by atoms with Gasteiger partial charge in [0.15, 0.2) is 0 Å². The molecule has 0 saturated carbocycles. The first kappa shape index (κ1) is 23.1. The average molecular weight is 477 g/mol. The second-order valence-electron chi connectivity index (χ2n) is 8.60. The second kappa shape index (κ2) is 9.88. The highest BCUT2D eigenvalue weighted by Gasteiger charge is 2.46. The summed E-state index contributed by atoms with van der Waals surface area (Å²) in [6.45, 7) is 2.05. The third-order valence-corrected chi connectivity index (χ3v) is 6.08. The first-order valence-electron chi connectivity index (χ1n) is 11.6. The molecule has 6 nitrogen and oxygen atoms in total. The van der Waals surface area contributed by atoms with Gasteiger partial charge in [-0.15, -0.1) is 0 Å². The van der Waals surface area contributed by atoms with Crippen molar-refractivity contribution in [2.75, 3.05) is 0 Å². The fraction of sp³-hybridized carbons (Fsp3) is 0.100. The predicted molar refractivity (Wildman–Crippen MR) is 136 cm³/mol. The second-order valence-corrected chi connectivity index (χ2v) is 8.60. The number of ketones is 1. The van der Waals surface area contributed by atoms with Gasteiger partial charge < -0.3 is 14.7 Å². The number of hydrogen-bond donors (Lipinski definition) is 1. The molecule has 1 aromatic heterocycles. The minimum absolute atomic E-state index is 0.0386. The molecule has 178 valence electrons. The van der Waals surface area contributed by atoms with Crippen molar-refractivity contribution < 1.29 is 19.4 Å². The van der Waals surface area contributed by atoms with Crippen molar-refractivity contribution in [2.45, 2.75) is 19.5 Å². The van der Waals surface area contributed by atoms with Gasteiger partial charge in [0.2, 0.25) is 0 Å². The predicted octanol–water partition coefficient (Wildman–Crippen LogP) is 5.80. The molecule has 1 N–H and O–H groups in total. The number of carbonyl (C=O) groups excluding carboxylic acids is 2. The van der Waals surface area contributed by atoms with Gasteiger partial charge in [0.1, 0.15) is 17.3 Å².